The van der Waals surface area contributed by atoms with E-state index in [4.69, 9.17) is 0 Å². The highest BCUT2D eigenvalue weighted by Gasteiger charge is 2.01. The van der Waals surface area contributed by atoms with E-state index >= 15 is 0 Å². The molecule has 0 aliphatic rings. The molecule has 0 saturated heterocycles. The van der Waals surface area contributed by atoms with Gasteiger partial charge in [-0.25, -0.2) is 0 Å². The zero-order chi connectivity index (χ0) is 15.9. The van der Waals surface area contributed by atoms with Crippen LogP contribution in [0, 0.1) is 0 Å². The van der Waals surface area contributed by atoms with E-state index in [0.717, 1.165) is 12.0 Å². The standard InChI is InChI=1S/C20H18N2O/c23-20(11-10-16-5-4-13-21-15-16)22-14-12-18-8-3-7-17-6-1-2-9-19(17)18/h1-11,13,15H,12,14H2,(H,22,23). The van der Waals surface area contributed by atoms with Crippen LogP contribution < -0.4 is 5.32 Å². The minimum Gasteiger partial charge on any atom is -0.352 e. The summed E-state index contributed by atoms with van der Waals surface area (Å²) < 4.78 is 0. The number of fused-ring (bicyclic) bond motifs is 1. The van der Waals surface area contributed by atoms with Crippen molar-refractivity contribution in [3.8, 4) is 0 Å². The van der Waals surface area contributed by atoms with Crippen LogP contribution in [0.4, 0.5) is 0 Å². The summed E-state index contributed by atoms with van der Waals surface area (Å²) in [4.78, 5) is 15.9. The third-order valence-corrected chi connectivity index (χ3v) is 3.69. The van der Waals surface area contributed by atoms with Crippen molar-refractivity contribution in [3.05, 3.63) is 84.2 Å². The van der Waals surface area contributed by atoms with E-state index in [2.05, 4.69) is 40.6 Å². The first-order chi connectivity index (χ1) is 11.3. The largest absolute Gasteiger partial charge is 0.352 e. The molecular weight excluding hydrogens is 284 g/mol. The van der Waals surface area contributed by atoms with Gasteiger partial charge in [0.15, 0.2) is 0 Å². The van der Waals surface area contributed by atoms with Crippen molar-refractivity contribution in [3.63, 3.8) is 0 Å². The van der Waals surface area contributed by atoms with Crippen LogP contribution in [-0.2, 0) is 11.2 Å². The van der Waals surface area contributed by atoms with Crippen molar-refractivity contribution >= 4 is 22.8 Å². The molecule has 0 spiro atoms. The average molecular weight is 302 g/mol. The maximum Gasteiger partial charge on any atom is 0.244 e. The second kappa shape index (κ2) is 7.36. The summed E-state index contributed by atoms with van der Waals surface area (Å²) in [6.45, 7) is 0.615. The summed E-state index contributed by atoms with van der Waals surface area (Å²) in [7, 11) is 0. The van der Waals surface area contributed by atoms with Crippen LogP contribution in [0.5, 0.6) is 0 Å². The number of carbonyl (C=O) groups is 1. The van der Waals surface area contributed by atoms with Crippen LogP contribution >= 0.6 is 0 Å². The Morgan fingerprint density at radius 2 is 1.91 bits per heavy atom. The molecular formula is C20H18N2O. The predicted molar refractivity (Wildman–Crippen MR) is 93.9 cm³/mol. The van der Waals surface area contributed by atoms with Gasteiger partial charge in [0, 0.05) is 25.0 Å². The van der Waals surface area contributed by atoms with Gasteiger partial charge >= 0.3 is 0 Å². The SMILES string of the molecule is O=C(C=Cc1cccnc1)NCCc1cccc2ccccc12. The maximum absolute atomic E-state index is 11.9. The molecule has 2 aromatic carbocycles. The van der Waals surface area contributed by atoms with E-state index in [0.29, 0.717) is 6.54 Å². The highest BCUT2D eigenvalue weighted by atomic mass is 16.1. The summed E-state index contributed by atoms with van der Waals surface area (Å²) in [5.41, 5.74) is 2.16. The first kappa shape index (κ1) is 15.0. The molecule has 3 aromatic rings. The van der Waals surface area contributed by atoms with Gasteiger partial charge in [0.05, 0.1) is 0 Å². The van der Waals surface area contributed by atoms with Gasteiger partial charge in [-0.15, -0.1) is 0 Å². The number of hydrogen-bond acceptors (Lipinski definition) is 2. The Kier molecular flexibility index (Phi) is 4.79. The molecule has 23 heavy (non-hydrogen) atoms. The van der Waals surface area contributed by atoms with Crippen molar-refractivity contribution in [1.29, 1.82) is 0 Å². The Labute approximate surface area is 135 Å². The summed E-state index contributed by atoms with van der Waals surface area (Å²) in [5, 5.41) is 5.39. The van der Waals surface area contributed by atoms with E-state index in [-0.39, 0.29) is 5.91 Å². The molecule has 3 heteroatoms. The van der Waals surface area contributed by atoms with Gasteiger partial charge < -0.3 is 5.32 Å². The third-order valence-electron chi connectivity index (χ3n) is 3.69. The number of hydrogen-bond donors (Lipinski definition) is 1. The molecule has 0 unspecified atom stereocenters. The Balaban J connectivity index is 1.56. The van der Waals surface area contributed by atoms with Crippen LogP contribution in [0.3, 0.4) is 0 Å². The normalized spacial score (nSPS) is 11.0. The number of nitrogens with zero attached hydrogens (tertiary/aromatic N) is 1. The lowest BCUT2D eigenvalue weighted by molar-refractivity contribution is -0.116. The fourth-order valence-electron chi connectivity index (χ4n) is 2.54. The lowest BCUT2D eigenvalue weighted by atomic mass is 10.0. The van der Waals surface area contributed by atoms with Crippen molar-refractivity contribution < 1.29 is 4.79 Å². The fraction of sp³-hybridized carbons (Fsp3) is 0.100. The number of pyridine rings is 1. The van der Waals surface area contributed by atoms with Gasteiger partial charge in [0.25, 0.3) is 0 Å². The van der Waals surface area contributed by atoms with Gasteiger partial charge in [0.2, 0.25) is 5.91 Å². The topological polar surface area (TPSA) is 42.0 Å². The Bertz CT molecular complexity index is 820. The number of carbonyl (C=O) groups excluding carboxylic acids is 1. The zero-order valence-corrected chi connectivity index (χ0v) is 12.8. The smallest absolute Gasteiger partial charge is 0.244 e. The second-order valence-corrected chi connectivity index (χ2v) is 5.30. The number of nitrogens with one attached hydrogen (secondary N) is 1. The summed E-state index contributed by atoms with van der Waals surface area (Å²) >= 11 is 0. The lowest BCUT2D eigenvalue weighted by Gasteiger charge is -2.07. The van der Waals surface area contributed by atoms with Gasteiger partial charge in [-0.3, -0.25) is 9.78 Å². The monoisotopic (exact) mass is 302 g/mol. The molecule has 0 bridgehead atoms. The van der Waals surface area contributed by atoms with Gasteiger partial charge in [0.1, 0.15) is 0 Å². The lowest BCUT2D eigenvalue weighted by Crippen LogP contribution is -2.23. The second-order valence-electron chi connectivity index (χ2n) is 5.30. The minimum atomic E-state index is -0.0888. The molecule has 1 aromatic heterocycles. The molecule has 0 saturated carbocycles. The highest BCUT2D eigenvalue weighted by Crippen LogP contribution is 2.18. The Morgan fingerprint density at radius 1 is 1.04 bits per heavy atom. The molecule has 1 amide bonds. The quantitative estimate of drug-likeness (QED) is 0.732. The molecule has 0 aliphatic carbocycles. The predicted octanol–water partition coefficient (Wildman–Crippen LogP) is 3.61. The minimum absolute atomic E-state index is 0.0888. The summed E-state index contributed by atoms with van der Waals surface area (Å²) in [5.74, 6) is -0.0888. The van der Waals surface area contributed by atoms with Crippen molar-refractivity contribution in [2.24, 2.45) is 0 Å². The van der Waals surface area contributed by atoms with Crippen LogP contribution in [0.2, 0.25) is 0 Å². The van der Waals surface area contributed by atoms with E-state index in [9.17, 15) is 4.79 Å². The number of aromatic nitrogens is 1. The number of benzene rings is 2. The van der Waals surface area contributed by atoms with Crippen LogP contribution in [-0.4, -0.2) is 17.4 Å². The highest BCUT2D eigenvalue weighted by molar-refractivity contribution is 5.91. The van der Waals surface area contributed by atoms with Crippen molar-refractivity contribution in [2.75, 3.05) is 6.54 Å². The van der Waals surface area contributed by atoms with Crippen molar-refractivity contribution in [2.45, 2.75) is 6.42 Å². The molecule has 3 nitrogen and oxygen atoms in total. The van der Waals surface area contributed by atoms with E-state index in [1.807, 2.05) is 24.3 Å². The van der Waals surface area contributed by atoms with E-state index in [1.54, 1.807) is 24.5 Å². The fourth-order valence-corrected chi connectivity index (χ4v) is 2.54. The molecule has 0 atom stereocenters. The zero-order valence-electron chi connectivity index (χ0n) is 12.8. The molecule has 0 aliphatic heterocycles. The summed E-state index contributed by atoms with van der Waals surface area (Å²) in [6.07, 6.45) is 7.55. The van der Waals surface area contributed by atoms with E-state index in [1.165, 1.54) is 16.3 Å². The van der Waals surface area contributed by atoms with Gasteiger partial charge in [-0.1, -0.05) is 48.5 Å². The first-order valence-electron chi connectivity index (χ1n) is 7.65. The van der Waals surface area contributed by atoms with Crippen LogP contribution in [0.1, 0.15) is 11.1 Å². The van der Waals surface area contributed by atoms with Gasteiger partial charge in [-0.05, 0) is 40.5 Å². The Morgan fingerprint density at radius 3 is 2.78 bits per heavy atom. The van der Waals surface area contributed by atoms with Crippen LogP contribution in [0.15, 0.2) is 73.1 Å². The number of rotatable bonds is 5. The maximum atomic E-state index is 11.9. The van der Waals surface area contributed by atoms with E-state index < -0.39 is 0 Å². The molecule has 0 fully saturated rings. The van der Waals surface area contributed by atoms with Gasteiger partial charge in [-0.2, -0.15) is 0 Å². The first-order valence-corrected chi connectivity index (χ1v) is 7.65. The average Bonchev–Trinajstić information content (AvgIpc) is 2.61. The number of amides is 1. The molecule has 114 valence electrons. The molecule has 0 radical (unpaired) electrons. The van der Waals surface area contributed by atoms with Crippen molar-refractivity contribution in [1.82, 2.24) is 10.3 Å². The summed E-state index contributed by atoms with van der Waals surface area (Å²) in [6, 6.07) is 18.3. The third kappa shape index (κ3) is 4.04. The Hall–Kier alpha value is -2.94. The molecule has 1 heterocycles. The van der Waals surface area contributed by atoms with Crippen LogP contribution in [0.25, 0.3) is 16.8 Å². The molecule has 1 N–H and O–H groups in total. The molecule has 3 rings (SSSR count).